The first kappa shape index (κ1) is 18.8. The number of Topliss-reactive ketones (excluding diaryl/α,β-unsaturated/α-hetero) is 1. The Bertz CT molecular complexity index is 626. The van der Waals surface area contributed by atoms with E-state index in [-0.39, 0.29) is 52.3 Å². The molecule has 0 bridgehead atoms. The van der Waals surface area contributed by atoms with Crippen LogP contribution in [0.3, 0.4) is 0 Å². The molecule has 0 aliphatic carbocycles. The first-order chi connectivity index (χ1) is 8.63. The molecule has 2 N–H and O–H groups in total. The van der Waals surface area contributed by atoms with Gasteiger partial charge in [0.15, 0.2) is 0 Å². The van der Waals surface area contributed by atoms with Gasteiger partial charge in [-0.3, -0.25) is 10.0 Å². The van der Waals surface area contributed by atoms with Crippen molar-refractivity contribution in [2.45, 2.75) is 6.42 Å². The number of nitrogens with one attached hydrogen (secondary N) is 1. The minimum Gasteiger partial charge on any atom is -0.358 e. The van der Waals surface area contributed by atoms with E-state index in [2.05, 4.69) is 6.92 Å². The van der Waals surface area contributed by atoms with Gasteiger partial charge in [-0.1, -0.05) is 36.4 Å². The summed E-state index contributed by atoms with van der Waals surface area (Å²) in [5.74, 6) is -0.902. The Balaban J connectivity index is 0.00000180. The quantitative estimate of drug-likeness (QED) is 0.509. The fourth-order valence-corrected chi connectivity index (χ4v) is 2.00. The SMILES string of the molecule is [CH2-]C(=O)Cc1ccc2ccccc2c1C(=O)NO.[CH3-].[Y+3]. The van der Waals surface area contributed by atoms with Crippen LogP contribution in [0.4, 0.5) is 0 Å². The number of amides is 1. The number of hydrogen-bond donors (Lipinski definition) is 2. The smallest absolute Gasteiger partial charge is 0.358 e. The molecule has 2 aromatic carbocycles. The molecule has 100 valence electrons. The average Bonchev–Trinajstić information content (AvgIpc) is 2.37. The molecular formula is C15H15NO3Y+. The summed E-state index contributed by atoms with van der Waals surface area (Å²) >= 11 is 0. The zero-order valence-electron chi connectivity index (χ0n) is 11.2. The topological polar surface area (TPSA) is 66.4 Å². The third-order valence-electron chi connectivity index (χ3n) is 2.73. The van der Waals surface area contributed by atoms with E-state index < -0.39 is 5.91 Å². The van der Waals surface area contributed by atoms with Gasteiger partial charge in [-0.2, -0.15) is 0 Å². The molecule has 0 saturated carbocycles. The third-order valence-corrected chi connectivity index (χ3v) is 2.73. The van der Waals surface area contributed by atoms with E-state index >= 15 is 0 Å². The maximum Gasteiger partial charge on any atom is 3.00 e. The van der Waals surface area contributed by atoms with Crippen LogP contribution in [0, 0.1) is 14.4 Å². The summed E-state index contributed by atoms with van der Waals surface area (Å²) < 4.78 is 0. The van der Waals surface area contributed by atoms with Gasteiger partial charge in [0.05, 0.1) is 5.56 Å². The number of carbonyl (C=O) groups is 2. The molecule has 0 aromatic heterocycles. The van der Waals surface area contributed by atoms with E-state index in [9.17, 15) is 9.59 Å². The second-order valence-electron chi connectivity index (χ2n) is 3.98. The Morgan fingerprint density at radius 3 is 2.40 bits per heavy atom. The van der Waals surface area contributed by atoms with Crippen LogP contribution >= 0.6 is 0 Å². The van der Waals surface area contributed by atoms with Gasteiger partial charge in [0.1, 0.15) is 0 Å². The summed E-state index contributed by atoms with van der Waals surface area (Å²) in [5.41, 5.74) is 2.48. The summed E-state index contributed by atoms with van der Waals surface area (Å²) in [7, 11) is 0. The second-order valence-corrected chi connectivity index (χ2v) is 3.98. The van der Waals surface area contributed by atoms with Crippen molar-refractivity contribution in [3.8, 4) is 0 Å². The Labute approximate surface area is 143 Å². The number of rotatable bonds is 3. The molecule has 4 nitrogen and oxygen atoms in total. The molecule has 0 heterocycles. The number of fused-ring (bicyclic) bond motifs is 1. The Morgan fingerprint density at radius 2 is 1.80 bits per heavy atom. The van der Waals surface area contributed by atoms with Crippen LogP contribution in [-0.4, -0.2) is 16.9 Å². The molecule has 0 fully saturated rings. The Hall–Kier alpha value is -1.23. The van der Waals surface area contributed by atoms with Crippen molar-refractivity contribution in [3.05, 3.63) is 61.9 Å². The van der Waals surface area contributed by atoms with E-state index in [1.807, 2.05) is 18.2 Å². The molecule has 2 rings (SSSR count). The third kappa shape index (κ3) is 3.89. The molecule has 5 heteroatoms. The average molecular weight is 346 g/mol. The Morgan fingerprint density at radius 1 is 1.15 bits per heavy atom. The normalized spacial score (nSPS) is 9.25. The zero-order chi connectivity index (χ0) is 13.1. The van der Waals surface area contributed by atoms with Crippen LogP contribution < -0.4 is 5.48 Å². The second kappa shape index (κ2) is 8.15. The largest absolute Gasteiger partial charge is 3.00 e. The number of ketones is 1. The van der Waals surface area contributed by atoms with Gasteiger partial charge >= 0.3 is 32.7 Å². The Kier molecular flexibility index (Phi) is 7.65. The van der Waals surface area contributed by atoms with Crippen molar-refractivity contribution in [1.29, 1.82) is 0 Å². The minimum atomic E-state index is -0.622. The van der Waals surface area contributed by atoms with Gasteiger partial charge in [-0.25, -0.2) is 5.48 Å². The number of hydroxylamine groups is 1. The van der Waals surface area contributed by atoms with E-state index in [1.54, 1.807) is 23.7 Å². The fraction of sp³-hybridized carbons (Fsp3) is 0.0667. The van der Waals surface area contributed by atoms with E-state index in [0.717, 1.165) is 5.39 Å². The predicted octanol–water partition coefficient (Wildman–Crippen LogP) is 2.35. The van der Waals surface area contributed by atoms with Gasteiger partial charge in [0.25, 0.3) is 5.91 Å². The minimum absolute atomic E-state index is 0. The van der Waals surface area contributed by atoms with E-state index in [1.165, 1.54) is 0 Å². The maximum atomic E-state index is 11.7. The van der Waals surface area contributed by atoms with E-state index in [0.29, 0.717) is 16.5 Å². The predicted molar refractivity (Wildman–Crippen MR) is 73.7 cm³/mol. The molecule has 0 saturated heterocycles. The van der Waals surface area contributed by atoms with Crippen molar-refractivity contribution in [3.63, 3.8) is 0 Å². The van der Waals surface area contributed by atoms with Gasteiger partial charge in [-0.05, 0) is 16.3 Å². The molecule has 1 amide bonds. The molecular weight excluding hydrogens is 331 g/mol. The first-order valence-corrected chi connectivity index (χ1v) is 5.43. The molecule has 0 spiro atoms. The van der Waals surface area contributed by atoms with Crippen molar-refractivity contribution in [2.75, 3.05) is 0 Å². The molecule has 0 unspecified atom stereocenters. The van der Waals surface area contributed by atoms with Crippen LogP contribution in [0.2, 0.25) is 0 Å². The molecule has 0 radical (unpaired) electrons. The monoisotopic (exact) mass is 346 g/mol. The van der Waals surface area contributed by atoms with Crippen molar-refractivity contribution < 1.29 is 47.5 Å². The van der Waals surface area contributed by atoms with E-state index in [4.69, 9.17) is 5.21 Å². The molecule has 2 aromatic rings. The zero-order valence-corrected chi connectivity index (χ0v) is 14.1. The summed E-state index contributed by atoms with van der Waals surface area (Å²) in [6, 6.07) is 10.8. The van der Waals surface area contributed by atoms with Gasteiger partial charge in [0.2, 0.25) is 0 Å². The molecule has 20 heavy (non-hydrogen) atoms. The van der Waals surface area contributed by atoms with Gasteiger partial charge in [0, 0.05) is 12.2 Å². The molecule has 0 aliphatic rings. The van der Waals surface area contributed by atoms with Crippen LogP contribution in [-0.2, 0) is 43.9 Å². The number of carbonyl (C=O) groups excluding carboxylic acids is 2. The molecule has 0 aliphatic heterocycles. The van der Waals surface area contributed by atoms with Crippen molar-refractivity contribution >= 4 is 22.5 Å². The summed E-state index contributed by atoms with van der Waals surface area (Å²) in [6.07, 6.45) is 0.0631. The van der Waals surface area contributed by atoms with Crippen LogP contribution in [0.15, 0.2) is 36.4 Å². The molecule has 0 atom stereocenters. The van der Waals surface area contributed by atoms with Crippen molar-refractivity contribution in [2.24, 2.45) is 0 Å². The summed E-state index contributed by atoms with van der Waals surface area (Å²) in [5, 5.41) is 10.4. The van der Waals surface area contributed by atoms with Crippen LogP contribution in [0.1, 0.15) is 15.9 Å². The number of benzene rings is 2. The standard InChI is InChI=1S/C14H12NO3.CH3.Y/c1-9(16)8-11-7-6-10-4-2-3-5-12(10)13(11)14(17)15-18;;/h2-7,18H,1,8H2,(H,15,17);1H3;/q2*-1;+3. The number of hydrogen-bond acceptors (Lipinski definition) is 3. The van der Waals surface area contributed by atoms with Crippen LogP contribution in [0.5, 0.6) is 0 Å². The first-order valence-electron chi connectivity index (χ1n) is 5.43. The summed E-state index contributed by atoms with van der Waals surface area (Å²) in [6.45, 7) is 3.31. The summed E-state index contributed by atoms with van der Waals surface area (Å²) in [4.78, 5) is 22.8. The van der Waals surface area contributed by atoms with Gasteiger partial charge < -0.3 is 19.1 Å². The van der Waals surface area contributed by atoms with Gasteiger partial charge in [-0.15, -0.1) is 0 Å². The maximum absolute atomic E-state index is 11.7. The van der Waals surface area contributed by atoms with Crippen molar-refractivity contribution in [1.82, 2.24) is 5.48 Å². The van der Waals surface area contributed by atoms with Crippen LogP contribution in [0.25, 0.3) is 10.8 Å². The fourth-order valence-electron chi connectivity index (χ4n) is 2.00.